The first kappa shape index (κ1) is 16.1. The predicted molar refractivity (Wildman–Crippen MR) is 71.9 cm³/mol. The normalized spacial score (nSPS) is 12.0. The molecule has 0 aromatic rings. The minimum Gasteiger partial charge on any atom is -0.354 e. The third-order valence-electron chi connectivity index (χ3n) is 2.72. The van der Waals surface area contributed by atoms with Crippen LogP contribution in [0.15, 0.2) is 0 Å². The van der Waals surface area contributed by atoms with Gasteiger partial charge in [-0.05, 0) is 14.1 Å². The second-order valence-corrected chi connectivity index (χ2v) is 5.74. The zero-order chi connectivity index (χ0) is 13.6. The number of Topliss-reactive ketones (excluding diaryl/α,β-unsaturated/α-hetero) is 1. The molecule has 0 aromatic heterocycles. The molecule has 4 heteroatoms. The minimum absolute atomic E-state index is 0. The predicted octanol–water partition coefficient (Wildman–Crippen LogP) is 1.55. The summed E-state index contributed by atoms with van der Waals surface area (Å²) in [6.45, 7) is 8.78. The summed E-state index contributed by atoms with van der Waals surface area (Å²) in [5, 5.41) is 2.87. The van der Waals surface area contributed by atoms with Gasteiger partial charge in [-0.3, -0.25) is 9.59 Å². The number of rotatable bonds is 7. The SMILES string of the molecule is CC(C)C(=O)CC(C)(C)C(=O)NCCN(C)C.[HH]. The Hall–Kier alpha value is -0.900. The average Bonchev–Trinajstić information content (AvgIpc) is 2.15. The van der Waals surface area contributed by atoms with Gasteiger partial charge < -0.3 is 10.2 Å². The van der Waals surface area contributed by atoms with E-state index >= 15 is 0 Å². The van der Waals surface area contributed by atoms with Crippen LogP contribution in [0.1, 0.15) is 35.5 Å². The summed E-state index contributed by atoms with van der Waals surface area (Å²) >= 11 is 0. The van der Waals surface area contributed by atoms with Crippen molar-refractivity contribution >= 4 is 11.7 Å². The summed E-state index contributed by atoms with van der Waals surface area (Å²) in [7, 11) is 3.92. The van der Waals surface area contributed by atoms with Crippen molar-refractivity contribution in [3.05, 3.63) is 0 Å². The lowest BCUT2D eigenvalue weighted by molar-refractivity contribution is -0.135. The maximum atomic E-state index is 11.9. The maximum absolute atomic E-state index is 11.9. The third kappa shape index (κ3) is 6.41. The van der Waals surface area contributed by atoms with Gasteiger partial charge in [0.25, 0.3) is 0 Å². The van der Waals surface area contributed by atoms with E-state index in [0.29, 0.717) is 13.0 Å². The Balaban J connectivity index is 0. The van der Waals surface area contributed by atoms with Crippen LogP contribution >= 0.6 is 0 Å². The van der Waals surface area contributed by atoms with E-state index < -0.39 is 5.41 Å². The maximum Gasteiger partial charge on any atom is 0.226 e. The molecule has 0 saturated heterocycles. The number of hydrogen-bond donors (Lipinski definition) is 1. The van der Waals surface area contributed by atoms with Crippen molar-refractivity contribution in [3.8, 4) is 0 Å². The Morgan fingerprint density at radius 3 is 2.24 bits per heavy atom. The monoisotopic (exact) mass is 244 g/mol. The van der Waals surface area contributed by atoms with Gasteiger partial charge in [0.15, 0.2) is 0 Å². The Labute approximate surface area is 106 Å². The molecule has 0 saturated carbocycles. The van der Waals surface area contributed by atoms with Gasteiger partial charge >= 0.3 is 0 Å². The van der Waals surface area contributed by atoms with E-state index in [0.717, 1.165) is 6.54 Å². The molecule has 17 heavy (non-hydrogen) atoms. The number of nitrogens with zero attached hydrogens (tertiary/aromatic N) is 1. The van der Waals surface area contributed by atoms with Crippen LogP contribution < -0.4 is 5.32 Å². The first-order valence-electron chi connectivity index (χ1n) is 6.12. The second-order valence-electron chi connectivity index (χ2n) is 5.74. The summed E-state index contributed by atoms with van der Waals surface area (Å²) in [4.78, 5) is 25.6. The molecule has 0 bridgehead atoms. The number of likely N-dealkylation sites (N-methyl/N-ethyl adjacent to an activating group) is 1. The van der Waals surface area contributed by atoms with Crippen LogP contribution in [0.3, 0.4) is 0 Å². The number of ketones is 1. The molecule has 0 aliphatic carbocycles. The van der Waals surface area contributed by atoms with Crippen LogP contribution in [0.5, 0.6) is 0 Å². The Morgan fingerprint density at radius 2 is 1.82 bits per heavy atom. The molecule has 0 unspecified atom stereocenters. The van der Waals surface area contributed by atoms with Gasteiger partial charge in [-0.2, -0.15) is 0 Å². The summed E-state index contributed by atoms with van der Waals surface area (Å²) in [6, 6.07) is 0. The molecule has 0 fully saturated rings. The van der Waals surface area contributed by atoms with E-state index in [1.165, 1.54) is 0 Å². The van der Waals surface area contributed by atoms with Gasteiger partial charge in [0.2, 0.25) is 5.91 Å². The largest absolute Gasteiger partial charge is 0.354 e. The molecule has 0 atom stereocenters. The van der Waals surface area contributed by atoms with Crippen molar-refractivity contribution in [2.24, 2.45) is 11.3 Å². The van der Waals surface area contributed by atoms with Crippen molar-refractivity contribution in [2.45, 2.75) is 34.1 Å². The highest BCUT2D eigenvalue weighted by molar-refractivity contribution is 5.89. The summed E-state index contributed by atoms with van der Waals surface area (Å²) < 4.78 is 0. The van der Waals surface area contributed by atoms with Crippen LogP contribution in [-0.2, 0) is 9.59 Å². The molecule has 102 valence electrons. The van der Waals surface area contributed by atoms with E-state index in [4.69, 9.17) is 0 Å². The quantitative estimate of drug-likeness (QED) is 0.739. The Bertz CT molecular complexity index is 276. The Kier molecular flexibility index (Phi) is 6.39. The molecule has 1 amide bonds. The standard InChI is InChI=1S/C13H26N2O2.H2/c1-10(2)11(16)9-13(3,4)12(17)14-7-8-15(5)6;/h10H,7-9H2,1-6H3,(H,14,17);1H. The summed E-state index contributed by atoms with van der Waals surface area (Å²) in [5.74, 6) is 0.0787. The highest BCUT2D eigenvalue weighted by Gasteiger charge is 2.30. The molecular formula is C13H28N2O2. The van der Waals surface area contributed by atoms with Gasteiger partial charge in [-0.1, -0.05) is 27.7 Å². The number of carbonyl (C=O) groups is 2. The lowest BCUT2D eigenvalue weighted by Gasteiger charge is -2.24. The molecule has 0 aliphatic heterocycles. The van der Waals surface area contributed by atoms with E-state index in [1.807, 2.05) is 46.7 Å². The van der Waals surface area contributed by atoms with Gasteiger partial charge in [0, 0.05) is 26.9 Å². The van der Waals surface area contributed by atoms with E-state index in [1.54, 1.807) is 0 Å². The molecule has 0 aromatic carbocycles. The van der Waals surface area contributed by atoms with Crippen LogP contribution in [0, 0.1) is 11.3 Å². The fraction of sp³-hybridized carbons (Fsp3) is 0.846. The Morgan fingerprint density at radius 1 is 1.29 bits per heavy atom. The molecule has 0 rings (SSSR count). The zero-order valence-electron chi connectivity index (χ0n) is 12.0. The third-order valence-corrected chi connectivity index (χ3v) is 2.72. The summed E-state index contributed by atoms with van der Waals surface area (Å²) in [5.41, 5.74) is -0.617. The molecule has 0 spiro atoms. The van der Waals surface area contributed by atoms with E-state index in [2.05, 4.69) is 5.32 Å². The lowest BCUT2D eigenvalue weighted by Crippen LogP contribution is -2.41. The van der Waals surface area contributed by atoms with Crippen molar-refractivity contribution in [1.82, 2.24) is 10.2 Å². The van der Waals surface area contributed by atoms with Gasteiger partial charge in [-0.15, -0.1) is 0 Å². The average molecular weight is 244 g/mol. The number of carbonyl (C=O) groups excluding carboxylic acids is 2. The smallest absolute Gasteiger partial charge is 0.226 e. The van der Waals surface area contributed by atoms with Gasteiger partial charge in [0.05, 0.1) is 5.41 Å². The first-order valence-corrected chi connectivity index (χ1v) is 6.12. The molecule has 0 aliphatic rings. The van der Waals surface area contributed by atoms with Crippen LogP contribution in [0.2, 0.25) is 0 Å². The molecule has 0 radical (unpaired) electrons. The summed E-state index contributed by atoms with van der Waals surface area (Å²) in [6.07, 6.45) is 0.304. The van der Waals surface area contributed by atoms with Crippen LogP contribution in [0.4, 0.5) is 0 Å². The molecular weight excluding hydrogens is 216 g/mol. The molecule has 4 nitrogen and oxygen atoms in total. The number of nitrogens with one attached hydrogen (secondary N) is 1. The lowest BCUT2D eigenvalue weighted by atomic mass is 9.83. The molecule has 1 N–H and O–H groups in total. The first-order chi connectivity index (χ1) is 7.66. The number of amides is 1. The number of hydrogen-bond acceptors (Lipinski definition) is 3. The molecule has 0 heterocycles. The topological polar surface area (TPSA) is 49.4 Å². The van der Waals surface area contributed by atoms with Gasteiger partial charge in [0.1, 0.15) is 5.78 Å². The van der Waals surface area contributed by atoms with Crippen LogP contribution in [0.25, 0.3) is 0 Å². The van der Waals surface area contributed by atoms with E-state index in [-0.39, 0.29) is 19.0 Å². The van der Waals surface area contributed by atoms with Crippen molar-refractivity contribution in [3.63, 3.8) is 0 Å². The second kappa shape index (κ2) is 6.74. The van der Waals surface area contributed by atoms with Crippen molar-refractivity contribution in [2.75, 3.05) is 27.2 Å². The zero-order valence-corrected chi connectivity index (χ0v) is 12.0. The van der Waals surface area contributed by atoms with Gasteiger partial charge in [-0.25, -0.2) is 0 Å². The van der Waals surface area contributed by atoms with Crippen molar-refractivity contribution < 1.29 is 11.0 Å². The minimum atomic E-state index is -0.617. The van der Waals surface area contributed by atoms with E-state index in [9.17, 15) is 9.59 Å². The highest BCUT2D eigenvalue weighted by atomic mass is 16.2. The van der Waals surface area contributed by atoms with Crippen LogP contribution in [-0.4, -0.2) is 43.8 Å². The van der Waals surface area contributed by atoms with Crippen molar-refractivity contribution in [1.29, 1.82) is 0 Å². The fourth-order valence-corrected chi connectivity index (χ4v) is 1.35. The fourth-order valence-electron chi connectivity index (χ4n) is 1.35. The highest BCUT2D eigenvalue weighted by Crippen LogP contribution is 2.22.